The number of nitrogens with zero attached hydrogens (tertiary/aromatic N) is 4. The Morgan fingerprint density at radius 1 is 1.09 bits per heavy atom. The minimum Gasteiger partial charge on any atom is -0.362 e. The quantitative estimate of drug-likeness (QED) is 0.601. The monoisotopic (exact) mass is 481 g/mol. The summed E-state index contributed by atoms with van der Waals surface area (Å²) in [6.45, 7) is 0.772. The Kier molecular flexibility index (Phi) is 5.68. The van der Waals surface area contributed by atoms with Gasteiger partial charge in [-0.05, 0) is 56.0 Å². The first-order chi connectivity index (χ1) is 16.3. The number of amidine groups is 1. The number of aromatic nitrogens is 2. The number of rotatable bonds is 5. The molecule has 1 aliphatic carbocycles. The first-order valence-corrected chi connectivity index (χ1v) is 12.6. The van der Waals surface area contributed by atoms with Crippen LogP contribution in [0.5, 0.6) is 0 Å². The predicted molar refractivity (Wildman–Crippen MR) is 126 cm³/mol. The van der Waals surface area contributed by atoms with Crippen molar-refractivity contribution < 1.29 is 17.6 Å². The minimum absolute atomic E-state index is 0.000199. The Balaban J connectivity index is 1.43. The molecule has 34 heavy (non-hydrogen) atoms. The van der Waals surface area contributed by atoms with Crippen molar-refractivity contribution in [1.29, 1.82) is 0 Å². The molecule has 0 saturated carbocycles. The third-order valence-electron chi connectivity index (χ3n) is 6.18. The van der Waals surface area contributed by atoms with Gasteiger partial charge in [0.15, 0.2) is 5.69 Å². The van der Waals surface area contributed by atoms with E-state index in [1.807, 2.05) is 11.9 Å². The van der Waals surface area contributed by atoms with E-state index < -0.39 is 21.7 Å². The summed E-state index contributed by atoms with van der Waals surface area (Å²) in [6, 6.07) is 12.3. The fourth-order valence-electron chi connectivity index (χ4n) is 4.47. The molecule has 0 spiro atoms. The lowest BCUT2D eigenvalue weighted by Gasteiger charge is -2.11. The van der Waals surface area contributed by atoms with Crippen molar-refractivity contribution >= 4 is 27.5 Å². The molecule has 1 aromatic heterocycles. The third-order valence-corrected chi connectivity index (χ3v) is 7.48. The van der Waals surface area contributed by atoms with E-state index in [4.69, 9.17) is 0 Å². The number of sulfonamides is 1. The van der Waals surface area contributed by atoms with Crippen molar-refractivity contribution in [2.75, 3.05) is 18.9 Å². The summed E-state index contributed by atoms with van der Waals surface area (Å²) in [4.78, 5) is 15.0. The summed E-state index contributed by atoms with van der Waals surface area (Å²) in [5.41, 5.74) is 2.45. The molecule has 1 fully saturated rings. The number of carbonyl (C=O) groups excluding carboxylic acids is 1. The Hall–Kier alpha value is -3.53. The largest absolute Gasteiger partial charge is 0.362 e. The minimum atomic E-state index is -3.91. The number of fused-ring (bicyclic) bond motifs is 1. The van der Waals surface area contributed by atoms with Gasteiger partial charge in [0.2, 0.25) is 0 Å². The van der Waals surface area contributed by atoms with Crippen LogP contribution in [0.3, 0.4) is 0 Å². The van der Waals surface area contributed by atoms with E-state index in [1.165, 1.54) is 22.9 Å². The molecule has 176 valence electrons. The molecule has 0 atom stereocenters. The average Bonchev–Trinajstić information content (AvgIpc) is 3.52. The van der Waals surface area contributed by atoms with Crippen LogP contribution in [0, 0.1) is 5.82 Å². The highest BCUT2D eigenvalue weighted by atomic mass is 32.2. The van der Waals surface area contributed by atoms with Crippen molar-refractivity contribution in [3.63, 3.8) is 0 Å². The van der Waals surface area contributed by atoms with Gasteiger partial charge >= 0.3 is 0 Å². The van der Waals surface area contributed by atoms with Crippen LogP contribution in [-0.2, 0) is 22.9 Å². The maximum Gasteiger partial charge on any atom is 0.284 e. The normalized spacial score (nSPS) is 16.8. The van der Waals surface area contributed by atoms with Gasteiger partial charge < -0.3 is 10.2 Å². The van der Waals surface area contributed by atoms with Gasteiger partial charge in [-0.2, -0.15) is 13.5 Å². The lowest BCUT2D eigenvalue weighted by molar-refractivity contribution is 0.102. The zero-order chi connectivity index (χ0) is 23.9. The lowest BCUT2D eigenvalue weighted by Crippen LogP contribution is -2.20. The van der Waals surface area contributed by atoms with Crippen molar-refractivity contribution in [2.45, 2.75) is 37.0 Å². The molecular formula is C24H24FN5O3S. The van der Waals surface area contributed by atoms with Crippen molar-refractivity contribution in [3.05, 3.63) is 71.3 Å². The summed E-state index contributed by atoms with van der Waals surface area (Å²) in [5, 5.41) is 7.18. The molecule has 2 heterocycles. The molecule has 5 rings (SSSR count). The smallest absolute Gasteiger partial charge is 0.284 e. The lowest BCUT2D eigenvalue weighted by atomic mass is 10.2. The standard InChI is InChI=1S/C24H24FN5O3S/c1-29-14-6-13-22(29)28-34(32,33)17-8-4-7-16(15-17)26-24(31)23-18-9-5-12-20(18)30(27-23)21-11-3-2-10-19(21)25/h2-4,7-8,10-11,15H,5-6,9,12-14H2,1H3,(H,26,31). The topological polar surface area (TPSA) is 96.7 Å². The van der Waals surface area contributed by atoms with E-state index in [1.54, 1.807) is 30.3 Å². The molecule has 1 aliphatic heterocycles. The Morgan fingerprint density at radius 2 is 1.91 bits per heavy atom. The predicted octanol–water partition coefficient (Wildman–Crippen LogP) is 3.57. The summed E-state index contributed by atoms with van der Waals surface area (Å²) in [5.74, 6) is -0.354. The Morgan fingerprint density at radius 3 is 2.68 bits per heavy atom. The second kappa shape index (κ2) is 8.68. The fraction of sp³-hybridized carbons (Fsp3) is 0.292. The summed E-state index contributed by atoms with van der Waals surface area (Å²) >= 11 is 0. The SMILES string of the molecule is CN1CCCC1=NS(=O)(=O)c1cccc(NC(=O)c2nn(-c3ccccc3F)c3c2CCC3)c1. The summed E-state index contributed by atoms with van der Waals surface area (Å²) < 4.78 is 45.5. The van der Waals surface area contributed by atoms with Gasteiger partial charge in [-0.25, -0.2) is 9.07 Å². The van der Waals surface area contributed by atoms with Crippen LogP contribution in [0.1, 0.15) is 41.0 Å². The highest BCUT2D eigenvalue weighted by Crippen LogP contribution is 2.29. The van der Waals surface area contributed by atoms with Gasteiger partial charge in [0.1, 0.15) is 17.3 Å². The van der Waals surface area contributed by atoms with E-state index in [9.17, 15) is 17.6 Å². The van der Waals surface area contributed by atoms with Gasteiger partial charge in [-0.1, -0.05) is 18.2 Å². The van der Waals surface area contributed by atoms with Gasteiger partial charge in [-0.15, -0.1) is 4.40 Å². The van der Waals surface area contributed by atoms with Crippen molar-refractivity contribution in [2.24, 2.45) is 4.40 Å². The van der Waals surface area contributed by atoms with E-state index >= 15 is 0 Å². The second-order valence-electron chi connectivity index (χ2n) is 8.48. The molecule has 0 bridgehead atoms. The molecule has 0 unspecified atom stereocenters. The highest BCUT2D eigenvalue weighted by molar-refractivity contribution is 7.90. The van der Waals surface area contributed by atoms with Gasteiger partial charge in [0.05, 0.1) is 4.90 Å². The van der Waals surface area contributed by atoms with E-state index in [0.29, 0.717) is 36.5 Å². The molecule has 1 saturated heterocycles. The zero-order valence-electron chi connectivity index (χ0n) is 18.7. The van der Waals surface area contributed by atoms with Crippen LogP contribution in [0.4, 0.5) is 10.1 Å². The van der Waals surface area contributed by atoms with E-state index in [2.05, 4.69) is 14.8 Å². The molecular weight excluding hydrogens is 457 g/mol. The number of para-hydroxylation sites is 1. The van der Waals surface area contributed by atoms with Gasteiger partial charge in [-0.3, -0.25) is 4.79 Å². The van der Waals surface area contributed by atoms with Gasteiger partial charge in [0, 0.05) is 37.0 Å². The number of hydrogen-bond acceptors (Lipinski definition) is 4. The molecule has 2 aliphatic rings. The number of likely N-dealkylation sites (tertiary alicyclic amines) is 1. The molecule has 1 amide bonds. The number of hydrogen-bond donors (Lipinski definition) is 1. The third kappa shape index (κ3) is 4.09. The van der Waals surface area contributed by atoms with Crippen LogP contribution >= 0.6 is 0 Å². The van der Waals surface area contributed by atoms with Crippen molar-refractivity contribution in [1.82, 2.24) is 14.7 Å². The number of anilines is 1. The first-order valence-electron chi connectivity index (χ1n) is 11.2. The first kappa shape index (κ1) is 22.3. The fourth-order valence-corrected chi connectivity index (χ4v) is 5.61. The Labute approximate surface area is 197 Å². The number of nitrogens with one attached hydrogen (secondary N) is 1. The molecule has 1 N–H and O–H groups in total. The van der Waals surface area contributed by atoms with Crippen LogP contribution in [-0.4, -0.2) is 48.4 Å². The highest BCUT2D eigenvalue weighted by Gasteiger charge is 2.28. The van der Waals surface area contributed by atoms with E-state index in [-0.39, 0.29) is 10.6 Å². The number of carbonyl (C=O) groups is 1. The second-order valence-corrected chi connectivity index (χ2v) is 10.1. The summed E-state index contributed by atoms with van der Waals surface area (Å²) in [6.07, 6.45) is 3.70. The van der Waals surface area contributed by atoms with Crippen LogP contribution in [0.25, 0.3) is 5.69 Å². The maximum absolute atomic E-state index is 14.4. The van der Waals surface area contributed by atoms with E-state index in [0.717, 1.165) is 30.6 Å². The molecule has 8 nitrogen and oxygen atoms in total. The Bertz CT molecular complexity index is 1410. The van der Waals surface area contributed by atoms with Crippen molar-refractivity contribution in [3.8, 4) is 5.69 Å². The number of benzene rings is 2. The number of amides is 1. The maximum atomic E-state index is 14.4. The molecule has 2 aromatic carbocycles. The van der Waals surface area contributed by atoms with Crippen LogP contribution in [0.2, 0.25) is 0 Å². The molecule has 0 radical (unpaired) electrons. The number of halogens is 1. The molecule has 3 aromatic rings. The van der Waals surface area contributed by atoms with Crippen LogP contribution < -0.4 is 5.32 Å². The van der Waals surface area contributed by atoms with Gasteiger partial charge in [0.25, 0.3) is 15.9 Å². The zero-order valence-corrected chi connectivity index (χ0v) is 19.5. The summed E-state index contributed by atoms with van der Waals surface area (Å²) in [7, 11) is -2.10. The average molecular weight is 482 g/mol. The molecule has 10 heteroatoms. The van der Waals surface area contributed by atoms with Crippen LogP contribution in [0.15, 0.2) is 57.8 Å².